The van der Waals surface area contributed by atoms with Gasteiger partial charge in [0.15, 0.2) is 0 Å². The highest BCUT2D eigenvalue weighted by atomic mass is 35.5. The van der Waals surface area contributed by atoms with Crippen molar-refractivity contribution in [1.29, 1.82) is 0 Å². The third-order valence-electron chi connectivity index (χ3n) is 5.37. The molecule has 0 fully saturated rings. The molecule has 0 unspecified atom stereocenters. The number of aliphatic imine (C=N–C) groups is 1. The average molecular weight is 450 g/mol. The molecule has 0 atom stereocenters. The summed E-state index contributed by atoms with van der Waals surface area (Å²) in [6, 6.07) is 13.7. The van der Waals surface area contributed by atoms with Gasteiger partial charge in [0.1, 0.15) is 0 Å². The minimum atomic E-state index is -0.128. The van der Waals surface area contributed by atoms with Gasteiger partial charge in [0.25, 0.3) is 5.56 Å². The van der Waals surface area contributed by atoms with E-state index < -0.39 is 0 Å². The highest BCUT2D eigenvalue weighted by molar-refractivity contribution is 7.20. The van der Waals surface area contributed by atoms with Crippen LogP contribution < -0.4 is 5.56 Å². The molecule has 6 nitrogen and oxygen atoms in total. The Labute approximate surface area is 187 Å². The summed E-state index contributed by atoms with van der Waals surface area (Å²) in [7, 11) is 0. The number of fused-ring (bicyclic) bond motifs is 2. The van der Waals surface area contributed by atoms with E-state index in [9.17, 15) is 4.79 Å². The third kappa shape index (κ3) is 3.60. The van der Waals surface area contributed by atoms with Crippen molar-refractivity contribution in [3.05, 3.63) is 80.9 Å². The molecule has 0 radical (unpaired) electrons. The van der Waals surface area contributed by atoms with Crippen molar-refractivity contribution in [1.82, 2.24) is 19.7 Å². The standard InChI is InChI=1S/C23H20ClN5OS/c1-13(25-10-9-15-12-26-18-8-7-16(24)11-17(15)18)21-14(2)28-29(22(21)30)23-27-19-5-3-4-6-20(19)31-23/h3-8,11-12,26,28H,9-10H2,1-2H3. The normalized spacial score (nSPS) is 12.3. The van der Waals surface area contributed by atoms with Crippen LogP contribution in [0, 0.1) is 6.92 Å². The van der Waals surface area contributed by atoms with Crippen molar-refractivity contribution in [3.63, 3.8) is 0 Å². The van der Waals surface area contributed by atoms with Crippen LogP contribution in [0.5, 0.6) is 0 Å². The number of hydrogen-bond donors (Lipinski definition) is 2. The minimum Gasteiger partial charge on any atom is -0.361 e. The molecule has 5 rings (SSSR count). The lowest BCUT2D eigenvalue weighted by atomic mass is 10.1. The van der Waals surface area contributed by atoms with E-state index in [4.69, 9.17) is 11.6 Å². The van der Waals surface area contributed by atoms with Gasteiger partial charge < -0.3 is 4.98 Å². The van der Waals surface area contributed by atoms with Crippen LogP contribution in [0.25, 0.3) is 26.3 Å². The SMILES string of the molecule is CC(=NCCc1c[nH]c2ccc(Cl)cc12)c1c(C)[nH]n(-c2nc3ccccc3s2)c1=O. The van der Waals surface area contributed by atoms with Crippen molar-refractivity contribution in [2.45, 2.75) is 20.3 Å². The van der Waals surface area contributed by atoms with Gasteiger partial charge in [-0.05, 0) is 56.2 Å². The molecule has 2 N–H and O–H groups in total. The molecule has 0 amide bonds. The molecule has 0 aliphatic rings. The molecular formula is C23H20ClN5OS. The molecular weight excluding hydrogens is 430 g/mol. The number of para-hydroxylation sites is 1. The summed E-state index contributed by atoms with van der Waals surface area (Å²) < 4.78 is 2.55. The Morgan fingerprint density at radius 1 is 1.26 bits per heavy atom. The first-order valence-corrected chi connectivity index (χ1v) is 11.1. The topological polar surface area (TPSA) is 78.8 Å². The molecule has 0 aliphatic carbocycles. The Hall–Kier alpha value is -3.16. The Bertz CT molecular complexity index is 1470. The Balaban J connectivity index is 1.41. The lowest BCUT2D eigenvalue weighted by molar-refractivity contribution is 0.829. The van der Waals surface area contributed by atoms with E-state index >= 15 is 0 Å². The van der Waals surface area contributed by atoms with Crippen LogP contribution in [0.1, 0.15) is 23.7 Å². The number of benzene rings is 2. The largest absolute Gasteiger partial charge is 0.361 e. The Morgan fingerprint density at radius 2 is 2.10 bits per heavy atom. The van der Waals surface area contributed by atoms with Gasteiger partial charge >= 0.3 is 0 Å². The first-order chi connectivity index (χ1) is 15.0. The van der Waals surface area contributed by atoms with E-state index in [1.165, 1.54) is 16.0 Å². The predicted molar refractivity (Wildman–Crippen MR) is 128 cm³/mol. The number of nitrogens with one attached hydrogen (secondary N) is 2. The zero-order valence-corrected chi connectivity index (χ0v) is 18.6. The molecule has 0 bridgehead atoms. The molecule has 0 saturated carbocycles. The summed E-state index contributed by atoms with van der Waals surface area (Å²) in [6.07, 6.45) is 2.75. The summed E-state index contributed by atoms with van der Waals surface area (Å²) in [5.74, 6) is 0. The van der Waals surface area contributed by atoms with E-state index in [-0.39, 0.29) is 5.56 Å². The van der Waals surface area contributed by atoms with Gasteiger partial charge in [0.2, 0.25) is 5.13 Å². The molecule has 3 heterocycles. The van der Waals surface area contributed by atoms with Gasteiger partial charge in [-0.1, -0.05) is 35.1 Å². The van der Waals surface area contributed by atoms with Gasteiger partial charge in [-0.15, -0.1) is 0 Å². The molecule has 156 valence electrons. The highest BCUT2D eigenvalue weighted by Gasteiger charge is 2.17. The molecule has 31 heavy (non-hydrogen) atoms. The molecule has 0 spiro atoms. The number of aryl methyl sites for hydroxylation is 1. The fraction of sp³-hybridized carbons (Fsp3) is 0.174. The monoisotopic (exact) mass is 449 g/mol. The van der Waals surface area contributed by atoms with Crippen LogP contribution in [0.3, 0.4) is 0 Å². The van der Waals surface area contributed by atoms with Crippen molar-refractivity contribution in [2.24, 2.45) is 4.99 Å². The number of aromatic amines is 2. The lowest BCUT2D eigenvalue weighted by Gasteiger charge is -2.00. The molecule has 5 aromatic rings. The second-order valence-corrected chi connectivity index (χ2v) is 8.88. The molecule has 0 aliphatic heterocycles. The number of H-pyrrole nitrogens is 2. The number of halogens is 1. The Kier molecular flexibility index (Phi) is 5.00. The molecule has 8 heteroatoms. The zero-order chi connectivity index (χ0) is 21.5. The van der Waals surface area contributed by atoms with E-state index in [1.54, 1.807) is 0 Å². The smallest absolute Gasteiger partial charge is 0.282 e. The van der Waals surface area contributed by atoms with Crippen molar-refractivity contribution in [3.8, 4) is 5.13 Å². The summed E-state index contributed by atoms with van der Waals surface area (Å²) in [5.41, 5.74) is 5.07. The van der Waals surface area contributed by atoms with Gasteiger partial charge in [-0.2, -0.15) is 4.68 Å². The van der Waals surface area contributed by atoms with Gasteiger partial charge in [0.05, 0.1) is 15.8 Å². The maximum absolute atomic E-state index is 13.1. The van der Waals surface area contributed by atoms with Crippen molar-refractivity contribution in [2.75, 3.05) is 6.54 Å². The van der Waals surface area contributed by atoms with E-state index in [0.29, 0.717) is 22.3 Å². The van der Waals surface area contributed by atoms with Gasteiger partial charge in [-0.3, -0.25) is 14.9 Å². The van der Waals surface area contributed by atoms with Crippen LogP contribution in [0.2, 0.25) is 5.02 Å². The van der Waals surface area contributed by atoms with E-state index in [0.717, 1.165) is 44.5 Å². The molecule has 2 aromatic carbocycles. The lowest BCUT2D eigenvalue weighted by Crippen LogP contribution is -2.19. The number of aromatic nitrogens is 4. The van der Waals surface area contributed by atoms with Crippen LogP contribution in [-0.2, 0) is 6.42 Å². The number of thiazole rings is 1. The zero-order valence-electron chi connectivity index (χ0n) is 17.1. The summed E-state index contributed by atoms with van der Waals surface area (Å²) in [4.78, 5) is 25.7. The fourth-order valence-electron chi connectivity index (χ4n) is 3.84. The van der Waals surface area contributed by atoms with E-state index in [2.05, 4.69) is 20.1 Å². The minimum absolute atomic E-state index is 0.128. The first-order valence-electron chi connectivity index (χ1n) is 9.96. The van der Waals surface area contributed by atoms with Crippen LogP contribution in [0.15, 0.2) is 58.4 Å². The second kappa shape index (κ2) is 7.83. The highest BCUT2D eigenvalue weighted by Crippen LogP contribution is 2.24. The maximum Gasteiger partial charge on any atom is 0.282 e. The first kappa shape index (κ1) is 19.8. The fourth-order valence-corrected chi connectivity index (χ4v) is 4.94. The molecule has 3 aromatic heterocycles. The summed E-state index contributed by atoms with van der Waals surface area (Å²) >= 11 is 7.62. The predicted octanol–water partition coefficient (Wildman–Crippen LogP) is 5.27. The average Bonchev–Trinajstić information content (AvgIpc) is 3.43. The summed E-state index contributed by atoms with van der Waals surface area (Å²) in [6.45, 7) is 4.35. The maximum atomic E-state index is 13.1. The number of nitrogens with zero attached hydrogens (tertiary/aromatic N) is 3. The van der Waals surface area contributed by atoms with Crippen LogP contribution in [-0.4, -0.2) is 32.0 Å². The quantitative estimate of drug-likeness (QED) is 0.358. The van der Waals surface area contributed by atoms with Gasteiger partial charge in [0, 0.05) is 40.1 Å². The Morgan fingerprint density at radius 3 is 2.94 bits per heavy atom. The number of hydrogen-bond acceptors (Lipinski definition) is 4. The van der Waals surface area contributed by atoms with E-state index in [1.807, 2.05) is 62.5 Å². The number of rotatable bonds is 5. The van der Waals surface area contributed by atoms with Crippen LogP contribution in [0.4, 0.5) is 0 Å². The third-order valence-corrected chi connectivity index (χ3v) is 6.62. The van der Waals surface area contributed by atoms with Crippen molar-refractivity contribution < 1.29 is 0 Å². The van der Waals surface area contributed by atoms with Gasteiger partial charge in [-0.25, -0.2) is 4.98 Å². The van der Waals surface area contributed by atoms with Crippen LogP contribution >= 0.6 is 22.9 Å². The molecule has 0 saturated heterocycles. The second-order valence-electron chi connectivity index (χ2n) is 7.44. The summed E-state index contributed by atoms with van der Waals surface area (Å²) in [5, 5.41) is 5.61. The van der Waals surface area contributed by atoms with Crippen molar-refractivity contribution >= 4 is 49.8 Å².